The summed E-state index contributed by atoms with van der Waals surface area (Å²) in [4.78, 5) is 4.27. The Balaban J connectivity index is 2.27. The Morgan fingerprint density at radius 3 is 2.67 bits per heavy atom. The van der Waals surface area contributed by atoms with Crippen LogP contribution in [0.1, 0.15) is 25.1 Å². The first-order valence-electron chi connectivity index (χ1n) is 3.82. The first-order chi connectivity index (χ1) is 5.77. The number of halogens is 1. The zero-order valence-electron chi connectivity index (χ0n) is 6.71. The molecule has 0 atom stereocenters. The van der Waals surface area contributed by atoms with Gasteiger partial charge in [0.05, 0.1) is 0 Å². The van der Waals surface area contributed by atoms with Gasteiger partial charge in [-0.05, 0) is 46.7 Å². The lowest BCUT2D eigenvalue weighted by Gasteiger charge is -2.37. The van der Waals surface area contributed by atoms with Crippen molar-refractivity contribution in [3.05, 3.63) is 9.74 Å². The Labute approximate surface area is 83.5 Å². The monoisotopic (exact) mass is 248 g/mol. The van der Waals surface area contributed by atoms with Gasteiger partial charge in [-0.3, -0.25) is 0 Å². The molecule has 0 aromatic carbocycles. The van der Waals surface area contributed by atoms with E-state index in [9.17, 15) is 0 Å². The van der Waals surface area contributed by atoms with Crippen molar-refractivity contribution in [2.24, 2.45) is 0 Å². The summed E-state index contributed by atoms with van der Waals surface area (Å²) in [6.07, 6.45) is 3.31. The van der Waals surface area contributed by atoms with Crippen molar-refractivity contribution >= 4 is 27.5 Å². The molecule has 3 nitrogen and oxygen atoms in total. The van der Waals surface area contributed by atoms with Crippen molar-refractivity contribution in [3.8, 4) is 0 Å². The van der Waals surface area contributed by atoms with Crippen molar-refractivity contribution in [1.29, 1.82) is 0 Å². The van der Waals surface area contributed by atoms with Crippen LogP contribution in [0.3, 0.4) is 0 Å². The molecule has 0 N–H and O–H groups in total. The zero-order valence-corrected chi connectivity index (χ0v) is 9.11. The van der Waals surface area contributed by atoms with E-state index in [2.05, 4.69) is 25.3 Å². The quantitative estimate of drug-likeness (QED) is 0.806. The molecule has 12 heavy (non-hydrogen) atoms. The van der Waals surface area contributed by atoms with Crippen LogP contribution in [0.25, 0.3) is 0 Å². The predicted octanol–water partition coefficient (Wildman–Crippen LogP) is 2.33. The Bertz CT molecular complexity index is 279. The summed E-state index contributed by atoms with van der Waals surface area (Å²) >= 11 is 4.67. The van der Waals surface area contributed by atoms with Crippen LogP contribution in [-0.2, 0) is 10.3 Å². The van der Waals surface area contributed by atoms with E-state index in [1.165, 1.54) is 18.0 Å². The van der Waals surface area contributed by atoms with Crippen LogP contribution in [0.15, 0.2) is 3.92 Å². The third-order valence-electron chi connectivity index (χ3n) is 2.36. The molecule has 0 amide bonds. The Morgan fingerprint density at radius 1 is 1.58 bits per heavy atom. The van der Waals surface area contributed by atoms with E-state index in [1.54, 1.807) is 7.11 Å². The molecule has 0 bridgehead atoms. The van der Waals surface area contributed by atoms with Crippen molar-refractivity contribution in [2.75, 3.05) is 7.11 Å². The summed E-state index contributed by atoms with van der Waals surface area (Å²) < 4.78 is 10.5. The zero-order chi connectivity index (χ0) is 8.60. The van der Waals surface area contributed by atoms with Gasteiger partial charge in [0.25, 0.3) is 0 Å². The SMILES string of the molecule is COC1(c2nsc(Br)n2)CCC1. The average Bonchev–Trinajstić information content (AvgIpc) is 2.35. The Kier molecular flexibility index (Phi) is 2.18. The van der Waals surface area contributed by atoms with Crippen molar-refractivity contribution in [1.82, 2.24) is 9.36 Å². The average molecular weight is 249 g/mol. The van der Waals surface area contributed by atoms with Gasteiger partial charge in [-0.2, -0.15) is 4.37 Å². The Hall–Kier alpha value is -0.0000000000000000555. The van der Waals surface area contributed by atoms with Gasteiger partial charge in [0.15, 0.2) is 9.74 Å². The van der Waals surface area contributed by atoms with Crippen molar-refractivity contribution in [2.45, 2.75) is 24.9 Å². The number of nitrogens with zero attached hydrogens (tertiary/aromatic N) is 2. The first-order valence-corrected chi connectivity index (χ1v) is 5.38. The lowest BCUT2D eigenvalue weighted by Crippen LogP contribution is -2.37. The van der Waals surface area contributed by atoms with Gasteiger partial charge >= 0.3 is 0 Å². The van der Waals surface area contributed by atoms with Crippen LogP contribution < -0.4 is 0 Å². The molecule has 1 aliphatic rings. The minimum Gasteiger partial charge on any atom is -0.370 e. The molecule has 1 aliphatic carbocycles. The number of ether oxygens (including phenoxy) is 1. The second-order valence-electron chi connectivity index (χ2n) is 2.92. The summed E-state index contributed by atoms with van der Waals surface area (Å²) in [7, 11) is 1.73. The van der Waals surface area contributed by atoms with Crippen LogP contribution in [0.2, 0.25) is 0 Å². The molecule has 0 spiro atoms. The molecule has 1 aromatic rings. The molecule has 0 saturated heterocycles. The van der Waals surface area contributed by atoms with Gasteiger partial charge in [-0.25, -0.2) is 4.98 Å². The van der Waals surface area contributed by atoms with Crippen molar-refractivity contribution in [3.63, 3.8) is 0 Å². The lowest BCUT2D eigenvalue weighted by atomic mass is 9.79. The van der Waals surface area contributed by atoms with Gasteiger partial charge in [0.1, 0.15) is 5.60 Å². The van der Waals surface area contributed by atoms with E-state index in [4.69, 9.17) is 4.74 Å². The third-order valence-corrected chi connectivity index (χ3v) is 3.48. The molecule has 1 heterocycles. The molecule has 1 aromatic heterocycles. The number of methoxy groups -OCH3 is 1. The highest BCUT2D eigenvalue weighted by Gasteiger charge is 2.42. The number of hydrogen-bond acceptors (Lipinski definition) is 4. The van der Waals surface area contributed by atoms with Gasteiger partial charge in [0.2, 0.25) is 0 Å². The van der Waals surface area contributed by atoms with E-state index in [0.29, 0.717) is 0 Å². The van der Waals surface area contributed by atoms with Gasteiger partial charge in [-0.1, -0.05) is 0 Å². The molecular formula is C7H9BrN2OS. The number of hydrogen-bond donors (Lipinski definition) is 0. The number of rotatable bonds is 2. The highest BCUT2D eigenvalue weighted by atomic mass is 79.9. The topological polar surface area (TPSA) is 35.0 Å². The molecule has 1 fully saturated rings. The second kappa shape index (κ2) is 3.05. The number of aromatic nitrogens is 2. The van der Waals surface area contributed by atoms with Gasteiger partial charge in [0, 0.05) is 7.11 Å². The minimum absolute atomic E-state index is 0.164. The summed E-state index contributed by atoms with van der Waals surface area (Å²) in [5, 5.41) is 0. The van der Waals surface area contributed by atoms with Crippen LogP contribution in [0.5, 0.6) is 0 Å². The predicted molar refractivity (Wildman–Crippen MR) is 50.1 cm³/mol. The van der Waals surface area contributed by atoms with E-state index in [1.807, 2.05) is 0 Å². The van der Waals surface area contributed by atoms with E-state index in [0.717, 1.165) is 22.6 Å². The standard InChI is InChI=1S/C7H9BrN2OS/c1-11-7(3-2-4-7)5-9-6(8)12-10-5/h2-4H2,1H3. The minimum atomic E-state index is -0.164. The largest absolute Gasteiger partial charge is 0.370 e. The van der Waals surface area contributed by atoms with E-state index >= 15 is 0 Å². The van der Waals surface area contributed by atoms with Crippen LogP contribution in [-0.4, -0.2) is 16.5 Å². The molecule has 66 valence electrons. The fourth-order valence-corrected chi connectivity index (χ4v) is 2.29. The summed E-state index contributed by atoms with van der Waals surface area (Å²) in [5.74, 6) is 0.841. The molecule has 5 heteroatoms. The molecular weight excluding hydrogens is 240 g/mol. The first kappa shape index (κ1) is 8.59. The highest BCUT2D eigenvalue weighted by molar-refractivity contribution is 9.11. The molecule has 2 rings (SSSR count). The summed E-state index contributed by atoms with van der Waals surface area (Å²) in [5.41, 5.74) is -0.164. The summed E-state index contributed by atoms with van der Waals surface area (Å²) in [6, 6.07) is 0. The fourth-order valence-electron chi connectivity index (χ4n) is 1.41. The Morgan fingerprint density at radius 2 is 2.33 bits per heavy atom. The molecule has 1 saturated carbocycles. The molecule has 0 unspecified atom stereocenters. The van der Waals surface area contributed by atoms with Crippen LogP contribution in [0.4, 0.5) is 0 Å². The van der Waals surface area contributed by atoms with E-state index in [-0.39, 0.29) is 5.60 Å². The van der Waals surface area contributed by atoms with Crippen LogP contribution in [0, 0.1) is 0 Å². The van der Waals surface area contributed by atoms with Crippen LogP contribution >= 0.6 is 27.5 Å². The van der Waals surface area contributed by atoms with Gasteiger partial charge < -0.3 is 4.74 Å². The fraction of sp³-hybridized carbons (Fsp3) is 0.714. The van der Waals surface area contributed by atoms with E-state index < -0.39 is 0 Å². The molecule has 0 radical (unpaired) electrons. The highest BCUT2D eigenvalue weighted by Crippen LogP contribution is 2.43. The second-order valence-corrected chi connectivity index (χ2v) is 4.95. The van der Waals surface area contributed by atoms with Gasteiger partial charge in [-0.15, -0.1) is 0 Å². The summed E-state index contributed by atoms with van der Waals surface area (Å²) in [6.45, 7) is 0. The maximum Gasteiger partial charge on any atom is 0.179 e. The third kappa shape index (κ3) is 1.20. The molecule has 0 aliphatic heterocycles. The smallest absolute Gasteiger partial charge is 0.179 e. The maximum absolute atomic E-state index is 5.43. The normalized spacial score (nSPS) is 20.5. The lowest BCUT2D eigenvalue weighted by molar-refractivity contribution is -0.0838. The van der Waals surface area contributed by atoms with Crippen molar-refractivity contribution < 1.29 is 4.74 Å². The maximum atomic E-state index is 5.43.